The molecule has 1 N–H and O–H groups in total. The van der Waals surface area contributed by atoms with Crippen LogP contribution in [-0.2, 0) is 47.6 Å². The van der Waals surface area contributed by atoms with Gasteiger partial charge in [-0.25, -0.2) is 4.79 Å². The number of carbonyl (C=O) groups is 3. The summed E-state index contributed by atoms with van der Waals surface area (Å²) >= 11 is 0. The van der Waals surface area contributed by atoms with E-state index in [4.69, 9.17) is 18.6 Å². The van der Waals surface area contributed by atoms with Gasteiger partial charge in [0.15, 0.2) is 6.61 Å². The fourth-order valence-electron chi connectivity index (χ4n) is 3.79. The number of methoxy groups -OCH3 is 1. The highest BCUT2D eigenvalue weighted by molar-refractivity contribution is 6.48. The number of rotatable bonds is 9. The van der Waals surface area contributed by atoms with E-state index in [9.17, 15) is 14.4 Å². The van der Waals surface area contributed by atoms with E-state index in [1.807, 2.05) is 36.4 Å². The Kier molecular flexibility index (Phi) is 13.7. The number of hydrogen-bond acceptors (Lipinski definition) is 7. The zero-order chi connectivity index (χ0) is 32.9. The Balaban J connectivity index is 2.08. The molecule has 0 heterocycles. The van der Waals surface area contributed by atoms with E-state index < -0.39 is 26.7 Å². The molecule has 2 aromatic rings. The molecule has 0 aliphatic carbocycles. The quantitative estimate of drug-likeness (QED) is 0.169. The number of benzene rings is 2. The van der Waals surface area contributed by atoms with Crippen molar-refractivity contribution in [2.75, 3.05) is 13.7 Å². The highest BCUT2D eigenvalue weighted by atomic mass is 28.3. The Labute approximate surface area is 263 Å². The highest BCUT2D eigenvalue weighted by Crippen LogP contribution is 2.23. The molecule has 0 saturated heterocycles. The number of alkyl carbamates (subject to hydrolysis) is 1. The van der Waals surface area contributed by atoms with Crippen molar-refractivity contribution in [2.24, 2.45) is 5.41 Å². The summed E-state index contributed by atoms with van der Waals surface area (Å²) in [7, 11) is 0.389. The average molecular weight is 619 g/mol. The van der Waals surface area contributed by atoms with Gasteiger partial charge in [-0.15, -0.1) is 0 Å². The topological polar surface area (TPSA) is 100 Å². The normalized spacial score (nSPS) is 11.8. The van der Waals surface area contributed by atoms with E-state index in [1.54, 1.807) is 26.8 Å². The number of carbonyl (C=O) groups excluding carboxylic acids is 3. The molecular formula is C35H44NO7Si. The van der Waals surface area contributed by atoms with Crippen LogP contribution in [0.5, 0.6) is 0 Å². The van der Waals surface area contributed by atoms with Gasteiger partial charge in [-0.2, -0.15) is 0 Å². The maximum Gasteiger partial charge on any atom is 0.407 e. The highest BCUT2D eigenvalue weighted by Gasteiger charge is 2.24. The lowest BCUT2D eigenvalue weighted by Crippen LogP contribution is -2.32. The van der Waals surface area contributed by atoms with Crippen molar-refractivity contribution in [3.8, 4) is 23.7 Å². The Morgan fingerprint density at radius 1 is 0.864 bits per heavy atom. The minimum absolute atomic E-state index is 0.0613. The van der Waals surface area contributed by atoms with Gasteiger partial charge in [0.25, 0.3) is 0 Å². The average Bonchev–Trinajstić information content (AvgIpc) is 2.90. The first kappa shape index (κ1) is 36.1. The second-order valence-electron chi connectivity index (χ2n) is 12.5. The first-order valence-corrected chi connectivity index (χ1v) is 16.8. The summed E-state index contributed by atoms with van der Waals surface area (Å²) in [6.07, 6.45) is -0.609. The van der Waals surface area contributed by atoms with Crippen LogP contribution in [0.2, 0.25) is 13.1 Å². The van der Waals surface area contributed by atoms with Gasteiger partial charge in [0.2, 0.25) is 9.04 Å². The third-order valence-corrected chi connectivity index (χ3v) is 6.48. The molecule has 1 unspecified atom stereocenters. The predicted molar refractivity (Wildman–Crippen MR) is 172 cm³/mol. The summed E-state index contributed by atoms with van der Waals surface area (Å²) in [5.41, 5.74) is 2.90. The van der Waals surface area contributed by atoms with E-state index >= 15 is 0 Å². The monoisotopic (exact) mass is 618 g/mol. The molecule has 2 aromatic carbocycles. The van der Waals surface area contributed by atoms with Crippen molar-refractivity contribution in [1.29, 1.82) is 0 Å². The zero-order valence-electron chi connectivity index (χ0n) is 27.3. The molecule has 44 heavy (non-hydrogen) atoms. The van der Waals surface area contributed by atoms with Crippen molar-refractivity contribution < 1.29 is 33.0 Å². The van der Waals surface area contributed by atoms with Crippen LogP contribution >= 0.6 is 0 Å². The molecule has 0 fully saturated rings. The van der Waals surface area contributed by atoms with E-state index in [2.05, 4.69) is 62.9 Å². The second-order valence-corrected chi connectivity index (χ2v) is 14.6. The molecule has 1 amide bonds. The molecule has 1 atom stereocenters. The lowest BCUT2D eigenvalue weighted by molar-refractivity contribution is -0.141. The summed E-state index contributed by atoms with van der Waals surface area (Å²) in [6, 6.07) is 12.8. The largest absolute Gasteiger partial charge is 0.469 e. The van der Waals surface area contributed by atoms with Gasteiger partial charge in [-0.1, -0.05) is 68.7 Å². The van der Waals surface area contributed by atoms with Crippen molar-refractivity contribution in [3.63, 3.8) is 0 Å². The summed E-state index contributed by atoms with van der Waals surface area (Å²) in [4.78, 5) is 36.3. The fourth-order valence-corrected chi connectivity index (χ4v) is 4.68. The SMILES string of the molecule is COC(=O)Cc1cc(C#CCOC(=O)Cc2cccc(CNC(=O)OC(C)(C)C)c2)cc(C#CC(O[Si](C)C)C(C)(C)C)c1. The Morgan fingerprint density at radius 2 is 1.50 bits per heavy atom. The van der Waals surface area contributed by atoms with Gasteiger partial charge in [-0.05, 0) is 74.2 Å². The van der Waals surface area contributed by atoms with Crippen LogP contribution < -0.4 is 5.32 Å². The van der Waals surface area contributed by atoms with Gasteiger partial charge in [0.1, 0.15) is 11.7 Å². The van der Waals surface area contributed by atoms with Crippen LogP contribution in [0.1, 0.15) is 69.4 Å². The lowest BCUT2D eigenvalue weighted by atomic mass is 9.89. The Bertz CT molecular complexity index is 1430. The molecule has 0 spiro atoms. The van der Waals surface area contributed by atoms with Gasteiger partial charge in [0.05, 0.1) is 20.0 Å². The standard InChI is InChI=1S/C35H44NO7Si/c1-34(2,3)30(43-44(8)9)16-15-27-18-25(20-29(21-27)23-31(37)40-7)14-11-17-41-32(38)22-26-12-10-13-28(19-26)24-36-33(39)42-35(4,5)6/h10,12-13,18-21,30H,17,22-24H2,1-9H3,(H,36,39). The Hall–Kier alpha value is -4.05. The first-order chi connectivity index (χ1) is 20.5. The van der Waals surface area contributed by atoms with Crippen LogP contribution in [0.25, 0.3) is 0 Å². The molecule has 9 heteroatoms. The summed E-state index contributed by atoms with van der Waals surface area (Å²) in [6.45, 7) is 16.0. The van der Waals surface area contributed by atoms with Crippen LogP contribution in [0, 0.1) is 29.1 Å². The zero-order valence-corrected chi connectivity index (χ0v) is 28.3. The Morgan fingerprint density at radius 3 is 2.11 bits per heavy atom. The van der Waals surface area contributed by atoms with Crippen LogP contribution in [-0.4, -0.2) is 52.5 Å². The fraction of sp³-hybridized carbons (Fsp3) is 0.457. The van der Waals surface area contributed by atoms with Crippen molar-refractivity contribution in [1.82, 2.24) is 5.32 Å². The third kappa shape index (κ3) is 14.4. The van der Waals surface area contributed by atoms with Crippen molar-refractivity contribution >= 4 is 27.1 Å². The molecule has 8 nitrogen and oxygen atoms in total. The molecule has 0 aliphatic heterocycles. The van der Waals surface area contributed by atoms with Gasteiger partial charge in [-0.3, -0.25) is 9.59 Å². The van der Waals surface area contributed by atoms with E-state index in [0.717, 1.165) is 16.7 Å². The minimum Gasteiger partial charge on any atom is -0.469 e. The summed E-state index contributed by atoms with van der Waals surface area (Å²) in [5.74, 6) is 11.5. The van der Waals surface area contributed by atoms with E-state index in [0.29, 0.717) is 11.1 Å². The van der Waals surface area contributed by atoms with Crippen LogP contribution in [0.3, 0.4) is 0 Å². The summed E-state index contributed by atoms with van der Waals surface area (Å²) < 4.78 is 21.5. The molecule has 0 bridgehead atoms. The molecule has 2 rings (SSSR count). The molecule has 0 aromatic heterocycles. The summed E-state index contributed by atoms with van der Waals surface area (Å²) in [5, 5.41) is 2.71. The lowest BCUT2D eigenvalue weighted by Gasteiger charge is -2.28. The number of hydrogen-bond donors (Lipinski definition) is 1. The molecule has 235 valence electrons. The predicted octanol–water partition coefficient (Wildman–Crippen LogP) is 5.60. The van der Waals surface area contributed by atoms with Crippen LogP contribution in [0.15, 0.2) is 42.5 Å². The van der Waals surface area contributed by atoms with E-state index in [1.165, 1.54) is 7.11 Å². The second kappa shape index (κ2) is 16.7. The van der Waals surface area contributed by atoms with Crippen LogP contribution in [0.4, 0.5) is 4.79 Å². The number of nitrogens with one attached hydrogen (secondary N) is 1. The molecule has 1 radical (unpaired) electrons. The first-order valence-electron chi connectivity index (χ1n) is 14.4. The number of amides is 1. The smallest absolute Gasteiger partial charge is 0.407 e. The number of esters is 2. The van der Waals surface area contributed by atoms with Gasteiger partial charge in [0, 0.05) is 17.7 Å². The van der Waals surface area contributed by atoms with E-state index in [-0.39, 0.29) is 43.5 Å². The molecular weight excluding hydrogens is 574 g/mol. The third-order valence-electron chi connectivity index (χ3n) is 5.77. The van der Waals surface area contributed by atoms with Gasteiger partial charge >= 0.3 is 18.0 Å². The minimum atomic E-state index is -0.956. The van der Waals surface area contributed by atoms with Gasteiger partial charge < -0.3 is 24.0 Å². The molecule has 0 aliphatic rings. The van der Waals surface area contributed by atoms with Crippen molar-refractivity contribution in [3.05, 3.63) is 70.3 Å². The maximum absolute atomic E-state index is 12.5. The number of ether oxygens (including phenoxy) is 3. The maximum atomic E-state index is 12.5. The molecule has 0 saturated carbocycles. The van der Waals surface area contributed by atoms with Crippen molar-refractivity contribution in [2.45, 2.75) is 85.7 Å².